The van der Waals surface area contributed by atoms with Crippen molar-refractivity contribution < 1.29 is 14.3 Å². The number of benzene rings is 1. The largest absolute Gasteiger partial charge is 0.490 e. The van der Waals surface area contributed by atoms with Crippen LogP contribution >= 0.6 is 0 Å². The zero-order valence-electron chi connectivity index (χ0n) is 12.7. The Morgan fingerprint density at radius 1 is 1.29 bits per heavy atom. The molecule has 0 aliphatic carbocycles. The van der Waals surface area contributed by atoms with Crippen molar-refractivity contribution in [3.63, 3.8) is 0 Å². The Morgan fingerprint density at radius 3 is 2.67 bits per heavy atom. The van der Waals surface area contributed by atoms with Gasteiger partial charge in [-0.3, -0.25) is 4.79 Å². The second kappa shape index (κ2) is 7.31. The van der Waals surface area contributed by atoms with Gasteiger partial charge in [-0.2, -0.15) is 0 Å². The molecule has 5 heteroatoms. The molecule has 1 amide bonds. The molecule has 5 nitrogen and oxygen atoms in total. The Balaban J connectivity index is 2.18. The van der Waals surface area contributed by atoms with Gasteiger partial charge in [-0.25, -0.2) is 0 Å². The van der Waals surface area contributed by atoms with E-state index < -0.39 is 0 Å². The van der Waals surface area contributed by atoms with Gasteiger partial charge in [0.25, 0.3) is 0 Å². The molecule has 1 aliphatic rings. The lowest BCUT2D eigenvalue weighted by atomic mass is 9.86. The predicted octanol–water partition coefficient (Wildman–Crippen LogP) is 1.80. The lowest BCUT2D eigenvalue weighted by molar-refractivity contribution is -0.120. The Morgan fingerprint density at radius 2 is 2.00 bits per heavy atom. The fourth-order valence-electron chi connectivity index (χ4n) is 2.76. The molecule has 0 aromatic heterocycles. The van der Waals surface area contributed by atoms with Gasteiger partial charge in [0.15, 0.2) is 11.5 Å². The van der Waals surface area contributed by atoms with Gasteiger partial charge in [-0.1, -0.05) is 6.07 Å². The number of amides is 1. The molecule has 0 radical (unpaired) electrons. The van der Waals surface area contributed by atoms with E-state index in [-0.39, 0.29) is 11.9 Å². The summed E-state index contributed by atoms with van der Waals surface area (Å²) < 4.78 is 11.2. The highest BCUT2D eigenvalue weighted by molar-refractivity contribution is 5.80. The fraction of sp³-hybridized carbons (Fsp3) is 0.562. The van der Waals surface area contributed by atoms with Gasteiger partial charge in [0.05, 0.1) is 19.3 Å². The lowest BCUT2D eigenvalue weighted by Crippen LogP contribution is -2.46. The smallest absolute Gasteiger partial charge is 0.234 e. The normalized spacial score (nSPS) is 21.8. The van der Waals surface area contributed by atoms with Crippen LogP contribution in [0.3, 0.4) is 0 Å². The van der Waals surface area contributed by atoms with E-state index >= 15 is 0 Å². The Kier molecular flexibility index (Phi) is 5.44. The molecule has 1 saturated heterocycles. The lowest BCUT2D eigenvalue weighted by Gasteiger charge is -2.29. The Bertz CT molecular complexity index is 490. The number of nitrogens with one attached hydrogen (secondary N) is 1. The summed E-state index contributed by atoms with van der Waals surface area (Å²) in [5.41, 5.74) is 6.58. The summed E-state index contributed by atoms with van der Waals surface area (Å²) in [7, 11) is 0. The van der Waals surface area contributed by atoms with E-state index in [9.17, 15) is 4.79 Å². The maximum absolute atomic E-state index is 11.4. The van der Waals surface area contributed by atoms with Crippen LogP contribution < -0.4 is 20.5 Å². The van der Waals surface area contributed by atoms with Gasteiger partial charge in [-0.15, -0.1) is 0 Å². The van der Waals surface area contributed by atoms with E-state index in [2.05, 4.69) is 11.4 Å². The molecule has 2 rings (SSSR count). The number of carbonyl (C=O) groups excluding carboxylic acids is 1. The second-order valence-electron chi connectivity index (χ2n) is 5.20. The highest BCUT2D eigenvalue weighted by Gasteiger charge is 2.26. The van der Waals surface area contributed by atoms with Crippen LogP contribution in [0.5, 0.6) is 11.5 Å². The van der Waals surface area contributed by atoms with Crippen LogP contribution in [-0.4, -0.2) is 31.7 Å². The first kappa shape index (κ1) is 15.6. The van der Waals surface area contributed by atoms with E-state index in [0.717, 1.165) is 30.9 Å². The highest BCUT2D eigenvalue weighted by atomic mass is 16.5. The minimum Gasteiger partial charge on any atom is -0.490 e. The number of piperidine rings is 1. The molecule has 1 aliphatic heterocycles. The van der Waals surface area contributed by atoms with Crippen molar-refractivity contribution in [1.29, 1.82) is 0 Å². The van der Waals surface area contributed by atoms with Crippen molar-refractivity contribution in [3.8, 4) is 11.5 Å². The average Bonchev–Trinajstić information content (AvgIpc) is 2.49. The Labute approximate surface area is 125 Å². The molecule has 116 valence electrons. The first-order chi connectivity index (χ1) is 10.2. The molecule has 0 saturated carbocycles. The van der Waals surface area contributed by atoms with Crippen LogP contribution in [0.15, 0.2) is 18.2 Å². The van der Waals surface area contributed by atoms with Crippen molar-refractivity contribution in [1.82, 2.24) is 5.32 Å². The van der Waals surface area contributed by atoms with Gasteiger partial charge in [-0.05, 0) is 56.8 Å². The molecular formula is C16H24N2O3. The van der Waals surface area contributed by atoms with Crippen molar-refractivity contribution >= 4 is 5.91 Å². The van der Waals surface area contributed by atoms with E-state index in [4.69, 9.17) is 15.2 Å². The van der Waals surface area contributed by atoms with Gasteiger partial charge in [0.2, 0.25) is 5.91 Å². The van der Waals surface area contributed by atoms with E-state index in [1.54, 1.807) is 0 Å². The van der Waals surface area contributed by atoms with Crippen LogP contribution in [0.25, 0.3) is 0 Å². The van der Waals surface area contributed by atoms with Crippen molar-refractivity contribution in [3.05, 3.63) is 23.8 Å². The summed E-state index contributed by atoms with van der Waals surface area (Å²) in [4.78, 5) is 11.4. The second-order valence-corrected chi connectivity index (χ2v) is 5.20. The molecule has 1 aromatic rings. The minimum atomic E-state index is -0.282. The molecule has 3 N–H and O–H groups in total. The number of rotatable bonds is 6. The molecule has 1 heterocycles. The molecule has 21 heavy (non-hydrogen) atoms. The highest BCUT2D eigenvalue weighted by Crippen LogP contribution is 2.35. The van der Waals surface area contributed by atoms with Gasteiger partial charge in [0.1, 0.15) is 0 Å². The van der Waals surface area contributed by atoms with Crippen LogP contribution in [0, 0.1) is 0 Å². The maximum Gasteiger partial charge on any atom is 0.234 e. The third kappa shape index (κ3) is 3.88. The van der Waals surface area contributed by atoms with Crippen molar-refractivity contribution in [2.24, 2.45) is 5.73 Å². The van der Waals surface area contributed by atoms with Crippen LogP contribution in [0.2, 0.25) is 0 Å². The number of ether oxygens (including phenoxy) is 2. The Hall–Kier alpha value is -1.75. The summed E-state index contributed by atoms with van der Waals surface area (Å²) in [5.74, 6) is 1.57. The zero-order chi connectivity index (χ0) is 15.2. The van der Waals surface area contributed by atoms with Gasteiger partial charge >= 0.3 is 0 Å². The van der Waals surface area contributed by atoms with Crippen LogP contribution in [-0.2, 0) is 4.79 Å². The molecular weight excluding hydrogens is 268 g/mol. The van der Waals surface area contributed by atoms with Crippen LogP contribution in [0.4, 0.5) is 0 Å². The first-order valence-electron chi connectivity index (χ1n) is 7.57. The molecule has 0 spiro atoms. The minimum absolute atomic E-state index is 0.245. The molecule has 1 aromatic carbocycles. The monoisotopic (exact) mass is 292 g/mol. The number of hydrogen-bond donors (Lipinski definition) is 2. The average molecular weight is 292 g/mol. The third-order valence-corrected chi connectivity index (χ3v) is 3.79. The quantitative estimate of drug-likeness (QED) is 0.838. The SMILES string of the molecule is CCOc1ccc(C2CCNC(C(N)=O)C2)cc1OCC. The predicted molar refractivity (Wildman–Crippen MR) is 81.7 cm³/mol. The summed E-state index contributed by atoms with van der Waals surface area (Å²) in [6, 6.07) is 5.79. The van der Waals surface area contributed by atoms with E-state index in [1.165, 1.54) is 5.56 Å². The number of primary amides is 1. The topological polar surface area (TPSA) is 73.6 Å². The molecule has 2 unspecified atom stereocenters. The van der Waals surface area contributed by atoms with Crippen molar-refractivity contribution in [2.45, 2.75) is 38.6 Å². The van der Waals surface area contributed by atoms with Crippen LogP contribution in [0.1, 0.15) is 38.2 Å². The maximum atomic E-state index is 11.4. The summed E-state index contributed by atoms with van der Waals surface area (Å²) in [6.07, 6.45) is 1.72. The number of hydrogen-bond acceptors (Lipinski definition) is 4. The van der Waals surface area contributed by atoms with Gasteiger partial charge in [0, 0.05) is 0 Å². The standard InChI is InChI=1S/C16H24N2O3/c1-3-20-14-6-5-11(10-15(14)21-4-2)12-7-8-18-13(9-12)16(17)19/h5-6,10,12-13,18H,3-4,7-9H2,1-2H3,(H2,17,19). The number of nitrogens with two attached hydrogens (primary N) is 1. The third-order valence-electron chi connectivity index (χ3n) is 3.79. The molecule has 0 bridgehead atoms. The van der Waals surface area contributed by atoms with Gasteiger partial charge < -0.3 is 20.5 Å². The molecule has 1 fully saturated rings. The first-order valence-corrected chi connectivity index (χ1v) is 7.57. The summed E-state index contributed by atoms with van der Waals surface area (Å²) in [6.45, 7) is 5.91. The number of carbonyl (C=O) groups is 1. The van der Waals surface area contributed by atoms with E-state index in [0.29, 0.717) is 19.1 Å². The van der Waals surface area contributed by atoms with Crippen molar-refractivity contribution in [2.75, 3.05) is 19.8 Å². The fourth-order valence-corrected chi connectivity index (χ4v) is 2.76. The van der Waals surface area contributed by atoms with E-state index in [1.807, 2.05) is 26.0 Å². The zero-order valence-corrected chi connectivity index (χ0v) is 12.7. The molecule has 2 atom stereocenters. The summed E-state index contributed by atoms with van der Waals surface area (Å²) >= 11 is 0. The summed E-state index contributed by atoms with van der Waals surface area (Å²) in [5, 5.41) is 3.16.